The summed E-state index contributed by atoms with van der Waals surface area (Å²) in [5.41, 5.74) is 0.966. The van der Waals surface area contributed by atoms with Crippen molar-refractivity contribution in [3.63, 3.8) is 0 Å². The summed E-state index contributed by atoms with van der Waals surface area (Å²) in [6.45, 7) is 1.68. The average Bonchev–Trinajstić information content (AvgIpc) is 3.56. The van der Waals surface area contributed by atoms with Crippen molar-refractivity contribution in [2.75, 3.05) is 18.9 Å². The van der Waals surface area contributed by atoms with Crippen molar-refractivity contribution < 1.29 is 18.8 Å². The lowest BCUT2D eigenvalue weighted by atomic mass is 9.81. The summed E-state index contributed by atoms with van der Waals surface area (Å²) in [7, 11) is 2.04. The van der Waals surface area contributed by atoms with Crippen LogP contribution < -0.4 is 16.0 Å². The van der Waals surface area contributed by atoms with Crippen molar-refractivity contribution in [3.8, 4) is 0 Å². The second-order valence-corrected chi connectivity index (χ2v) is 10.8. The highest BCUT2D eigenvalue weighted by Crippen LogP contribution is 2.33. The minimum absolute atomic E-state index is 0.0196. The Labute approximate surface area is 222 Å². The number of fused-ring (bicyclic) bond motifs is 1. The van der Waals surface area contributed by atoms with Crippen LogP contribution in [-0.2, 0) is 22.6 Å². The fourth-order valence-electron chi connectivity index (χ4n) is 4.70. The third-order valence-corrected chi connectivity index (χ3v) is 7.93. The van der Waals surface area contributed by atoms with Crippen LogP contribution in [0, 0.1) is 0 Å². The maximum absolute atomic E-state index is 13.2. The Bertz CT molecular complexity index is 1280. The predicted octanol–water partition coefficient (Wildman–Crippen LogP) is 2.36. The number of nitrogens with one attached hydrogen (secondary N) is 3. The third-order valence-electron chi connectivity index (χ3n) is 6.63. The minimum Gasteiger partial charge on any atom is -0.448 e. The Morgan fingerprint density at radius 3 is 2.76 bits per heavy atom. The SMILES string of the molecule is CN1CCc2nc(C(=O)N[C@@H]3C[C@@H](c4cnco4)CC[C@@H]3NC(=O)C(=O)Nc3ccc(Cl)cn3)sc2C1. The monoisotopic (exact) mass is 543 g/mol. The highest BCUT2D eigenvalue weighted by Gasteiger charge is 2.36. The Hall–Kier alpha value is -3.35. The topological polar surface area (TPSA) is 142 Å². The van der Waals surface area contributed by atoms with Crippen molar-refractivity contribution in [2.24, 2.45) is 0 Å². The molecule has 13 heteroatoms. The van der Waals surface area contributed by atoms with E-state index in [1.54, 1.807) is 12.3 Å². The van der Waals surface area contributed by atoms with Gasteiger partial charge in [0.2, 0.25) is 0 Å². The molecule has 0 aromatic carbocycles. The molecular weight excluding hydrogens is 518 g/mol. The van der Waals surface area contributed by atoms with Crippen molar-refractivity contribution in [1.29, 1.82) is 0 Å². The van der Waals surface area contributed by atoms with E-state index in [0.717, 1.165) is 35.8 Å². The van der Waals surface area contributed by atoms with Gasteiger partial charge in [-0.1, -0.05) is 11.6 Å². The number of carbonyl (C=O) groups is 3. The zero-order valence-electron chi connectivity index (χ0n) is 20.1. The third kappa shape index (κ3) is 5.97. The highest BCUT2D eigenvalue weighted by molar-refractivity contribution is 7.13. The zero-order chi connectivity index (χ0) is 25.9. The van der Waals surface area contributed by atoms with Crippen LogP contribution in [0.15, 0.2) is 35.3 Å². The summed E-state index contributed by atoms with van der Waals surface area (Å²) < 4.78 is 5.50. The number of anilines is 1. The average molecular weight is 544 g/mol. The Morgan fingerprint density at radius 1 is 1.14 bits per heavy atom. The summed E-state index contributed by atoms with van der Waals surface area (Å²) >= 11 is 7.22. The maximum Gasteiger partial charge on any atom is 0.314 e. The van der Waals surface area contributed by atoms with Crippen LogP contribution in [0.2, 0.25) is 5.02 Å². The first-order valence-electron chi connectivity index (χ1n) is 12.0. The summed E-state index contributed by atoms with van der Waals surface area (Å²) in [6, 6.07) is 2.17. The van der Waals surface area contributed by atoms with E-state index in [4.69, 9.17) is 16.0 Å². The minimum atomic E-state index is -0.853. The van der Waals surface area contributed by atoms with Crippen LogP contribution in [0.5, 0.6) is 0 Å². The standard InChI is InChI=1S/C24H26ClN7O4S/c1-32-7-6-16-19(11-32)37-24(30-16)23(35)29-17-8-13(18-10-26-12-36-18)2-4-15(17)28-21(33)22(34)31-20-5-3-14(25)9-27-20/h3,5,9-10,12-13,15,17H,2,4,6-8,11H2,1H3,(H,28,33)(H,29,35)(H,27,31,34)/t13-,15-,17+/m0/s1. The maximum atomic E-state index is 13.2. The van der Waals surface area contributed by atoms with Gasteiger partial charge in [0.15, 0.2) is 11.4 Å². The van der Waals surface area contributed by atoms with E-state index in [1.807, 2.05) is 7.05 Å². The number of halogens is 1. The molecule has 5 rings (SSSR count). The van der Waals surface area contributed by atoms with Gasteiger partial charge in [0.05, 0.1) is 23.0 Å². The van der Waals surface area contributed by atoms with Gasteiger partial charge in [0, 0.05) is 42.5 Å². The molecule has 3 amide bonds. The molecule has 3 aromatic heterocycles. The van der Waals surface area contributed by atoms with Gasteiger partial charge in [-0.15, -0.1) is 11.3 Å². The molecule has 1 fully saturated rings. The Balaban J connectivity index is 1.28. The molecule has 0 unspecified atom stereocenters. The lowest BCUT2D eigenvalue weighted by Crippen LogP contribution is -2.55. The van der Waals surface area contributed by atoms with Crippen LogP contribution in [0.1, 0.15) is 51.3 Å². The quantitative estimate of drug-likeness (QED) is 0.416. The number of oxazole rings is 1. The molecule has 3 atom stereocenters. The molecule has 194 valence electrons. The van der Waals surface area contributed by atoms with Gasteiger partial charge < -0.3 is 25.3 Å². The second-order valence-electron chi connectivity index (χ2n) is 9.27. The molecule has 2 aliphatic rings. The number of hydrogen-bond acceptors (Lipinski definition) is 9. The Kier molecular flexibility index (Phi) is 7.49. The molecule has 1 aliphatic heterocycles. The van der Waals surface area contributed by atoms with Gasteiger partial charge in [-0.05, 0) is 38.4 Å². The van der Waals surface area contributed by atoms with Crippen molar-refractivity contribution in [3.05, 3.63) is 57.3 Å². The van der Waals surface area contributed by atoms with Crippen LogP contribution in [0.4, 0.5) is 5.82 Å². The Morgan fingerprint density at radius 2 is 2.00 bits per heavy atom. The summed E-state index contributed by atoms with van der Waals surface area (Å²) in [5.74, 6) is -1.00. The molecule has 37 heavy (non-hydrogen) atoms. The molecule has 11 nitrogen and oxygen atoms in total. The second kappa shape index (κ2) is 11.0. The van der Waals surface area contributed by atoms with Crippen molar-refractivity contribution in [1.82, 2.24) is 30.5 Å². The lowest BCUT2D eigenvalue weighted by Gasteiger charge is -2.36. The van der Waals surface area contributed by atoms with E-state index in [2.05, 4.69) is 35.8 Å². The highest BCUT2D eigenvalue weighted by atomic mass is 35.5. The first-order chi connectivity index (χ1) is 17.9. The number of likely N-dealkylation sites (N-methyl/N-ethyl adjacent to an activating group) is 1. The van der Waals surface area contributed by atoms with E-state index in [9.17, 15) is 14.4 Å². The van der Waals surface area contributed by atoms with Crippen LogP contribution in [-0.4, -0.2) is 63.2 Å². The first kappa shape index (κ1) is 25.3. The summed E-state index contributed by atoms with van der Waals surface area (Å²) in [5, 5.41) is 9.12. The molecule has 1 saturated carbocycles. The number of aromatic nitrogens is 3. The van der Waals surface area contributed by atoms with Crippen LogP contribution in [0.3, 0.4) is 0 Å². The summed E-state index contributed by atoms with van der Waals surface area (Å²) in [6.07, 6.45) is 6.98. The number of nitrogens with zero attached hydrogens (tertiary/aromatic N) is 4. The molecular formula is C24H26ClN7O4S. The molecule has 3 N–H and O–H groups in total. The first-order valence-corrected chi connectivity index (χ1v) is 13.1. The van der Waals surface area contributed by atoms with E-state index >= 15 is 0 Å². The van der Waals surface area contributed by atoms with Gasteiger partial charge in [-0.2, -0.15) is 0 Å². The number of hydrogen-bond donors (Lipinski definition) is 3. The van der Waals surface area contributed by atoms with Crippen molar-refractivity contribution >= 4 is 46.5 Å². The van der Waals surface area contributed by atoms with E-state index in [1.165, 1.54) is 30.0 Å². The molecule has 3 aromatic rings. The number of rotatable bonds is 5. The van der Waals surface area contributed by atoms with Gasteiger partial charge >= 0.3 is 11.8 Å². The number of amides is 3. The van der Waals surface area contributed by atoms with E-state index < -0.39 is 23.9 Å². The van der Waals surface area contributed by atoms with Gasteiger partial charge in [0.1, 0.15) is 11.6 Å². The molecule has 4 heterocycles. The normalized spacial score (nSPS) is 21.6. The molecule has 0 saturated heterocycles. The van der Waals surface area contributed by atoms with E-state index in [-0.39, 0.29) is 17.6 Å². The number of pyridine rings is 1. The molecule has 0 spiro atoms. The van der Waals surface area contributed by atoms with Crippen LogP contribution in [0.25, 0.3) is 0 Å². The zero-order valence-corrected chi connectivity index (χ0v) is 21.6. The molecule has 0 bridgehead atoms. The smallest absolute Gasteiger partial charge is 0.314 e. The fraction of sp³-hybridized carbons (Fsp3) is 0.417. The van der Waals surface area contributed by atoms with Gasteiger partial charge in [0.25, 0.3) is 5.91 Å². The fourth-order valence-corrected chi connectivity index (χ4v) is 5.90. The number of thiazole rings is 1. The predicted molar refractivity (Wildman–Crippen MR) is 136 cm³/mol. The van der Waals surface area contributed by atoms with Crippen molar-refractivity contribution in [2.45, 2.75) is 50.2 Å². The molecule has 1 aliphatic carbocycles. The lowest BCUT2D eigenvalue weighted by molar-refractivity contribution is -0.136. The van der Waals surface area contributed by atoms with Gasteiger partial charge in [-0.25, -0.2) is 15.0 Å². The summed E-state index contributed by atoms with van der Waals surface area (Å²) in [4.78, 5) is 54.3. The molecule has 0 radical (unpaired) electrons. The van der Waals surface area contributed by atoms with Gasteiger partial charge in [-0.3, -0.25) is 14.4 Å². The van der Waals surface area contributed by atoms with Crippen LogP contribution >= 0.6 is 22.9 Å². The largest absolute Gasteiger partial charge is 0.448 e. The number of carbonyl (C=O) groups excluding carboxylic acids is 3. The van der Waals surface area contributed by atoms with E-state index in [0.29, 0.717) is 29.3 Å².